The van der Waals surface area contributed by atoms with Gasteiger partial charge in [0, 0.05) is 29.4 Å². The van der Waals surface area contributed by atoms with Gasteiger partial charge in [0.1, 0.15) is 69.0 Å². The molecule has 12 rings (SSSR count). The Morgan fingerprint density at radius 2 is 0.329 bits per heavy atom. The highest BCUT2D eigenvalue weighted by Gasteiger charge is 2.48. The Kier molecular flexibility index (Phi) is 16.9. The van der Waals surface area contributed by atoms with Crippen LogP contribution in [0.4, 0.5) is 4.20 Å². The van der Waals surface area contributed by atoms with Gasteiger partial charge < -0.3 is 28.4 Å². The van der Waals surface area contributed by atoms with E-state index in [0.717, 1.165) is 0 Å². The minimum atomic E-state index is -5.94. The molecule has 0 fully saturated rings. The molecular formula is C72H54FO9PS2. The minimum Gasteiger partial charge on any atom is -0.457 e. The fourth-order valence-electron chi connectivity index (χ4n) is 9.30. The van der Waals surface area contributed by atoms with Crippen LogP contribution in [0.5, 0.6) is 69.0 Å². The second-order valence-electron chi connectivity index (χ2n) is 19.0. The monoisotopic (exact) mass is 1180 g/mol. The van der Waals surface area contributed by atoms with Gasteiger partial charge in [-0.2, -0.15) is 0 Å². The van der Waals surface area contributed by atoms with Gasteiger partial charge in [0.05, 0.1) is 0 Å². The number of halogens is 1. The first-order valence-electron chi connectivity index (χ1n) is 27.1. The Balaban J connectivity index is 1.03. The van der Waals surface area contributed by atoms with Gasteiger partial charge in [0.2, 0.25) is 0 Å². The van der Waals surface area contributed by atoms with Crippen LogP contribution in [0.3, 0.4) is 0 Å². The van der Waals surface area contributed by atoms with Crippen molar-refractivity contribution in [3.8, 4) is 69.0 Å². The molecule has 12 aromatic carbocycles. The Labute approximate surface area is 496 Å². The van der Waals surface area contributed by atoms with E-state index >= 15 is 8.76 Å². The molecule has 9 nitrogen and oxygen atoms in total. The predicted molar refractivity (Wildman–Crippen MR) is 333 cm³/mol. The van der Waals surface area contributed by atoms with Crippen LogP contribution < -0.4 is 28.4 Å². The molecule has 0 bridgehead atoms. The van der Waals surface area contributed by atoms with Crippen molar-refractivity contribution < 1.29 is 45.1 Å². The van der Waals surface area contributed by atoms with E-state index in [2.05, 4.69) is 0 Å². The van der Waals surface area contributed by atoms with Crippen LogP contribution >= 0.6 is 28.5 Å². The van der Waals surface area contributed by atoms with Gasteiger partial charge in [-0.15, -0.1) is 4.20 Å². The number of rotatable bonds is 22. The Morgan fingerprint density at radius 1 is 0.200 bits per heavy atom. The molecule has 0 unspecified atom stereocenters. The number of para-hydroxylation sites is 6. The molecule has 0 heterocycles. The van der Waals surface area contributed by atoms with Gasteiger partial charge in [-0.1, -0.05) is 109 Å². The topological polar surface area (TPSA) is 90.9 Å². The van der Waals surface area contributed by atoms with E-state index in [1.54, 1.807) is 146 Å². The molecule has 0 amide bonds. The molecule has 0 spiro atoms. The van der Waals surface area contributed by atoms with Gasteiger partial charge in [-0.25, -0.2) is 12.5 Å². The molecule has 0 aliphatic carbocycles. The Morgan fingerprint density at radius 3 is 0.471 bits per heavy atom. The van der Waals surface area contributed by atoms with Gasteiger partial charge in [0.25, 0.3) is 0 Å². The number of benzene rings is 12. The van der Waals surface area contributed by atoms with E-state index in [4.69, 9.17) is 36.4 Å². The smallest absolute Gasteiger partial charge is 0.457 e. The Bertz CT molecular complexity index is 3430. The van der Waals surface area contributed by atoms with E-state index in [1.807, 2.05) is 182 Å². The fraction of sp³-hybridized carbons (Fsp3) is 0. The molecule has 0 aromatic heterocycles. The van der Waals surface area contributed by atoms with Crippen molar-refractivity contribution in [3.63, 3.8) is 0 Å². The highest BCUT2D eigenvalue weighted by atomic mass is 32.3. The maximum absolute atomic E-state index is 19.4. The van der Waals surface area contributed by atoms with Crippen molar-refractivity contribution in [2.24, 2.45) is 0 Å². The van der Waals surface area contributed by atoms with E-state index < -0.39 is 28.5 Å². The van der Waals surface area contributed by atoms with Crippen LogP contribution in [-0.4, -0.2) is 0 Å². The lowest BCUT2D eigenvalue weighted by molar-refractivity contribution is 0.365. The first-order valence-corrected chi connectivity index (χ1v) is 31.7. The minimum absolute atomic E-state index is 0.468. The number of ether oxygens (including phenoxy) is 6. The van der Waals surface area contributed by atoms with Crippen molar-refractivity contribution >= 4 is 28.5 Å². The molecule has 0 aliphatic rings. The van der Waals surface area contributed by atoms with Gasteiger partial charge in [-0.3, -0.25) is 0 Å². The average Bonchev–Trinajstić information content (AvgIpc) is 1.13. The summed E-state index contributed by atoms with van der Waals surface area (Å²) < 4.78 is 87.6. The molecule has 85 heavy (non-hydrogen) atoms. The normalized spacial score (nSPS) is 11.9. The van der Waals surface area contributed by atoms with Crippen LogP contribution in [0.1, 0.15) is 0 Å². The maximum Gasteiger partial charge on any atom is 0.534 e. The zero-order valence-electron chi connectivity index (χ0n) is 45.5. The van der Waals surface area contributed by atoms with Crippen molar-refractivity contribution in [3.05, 3.63) is 328 Å². The zero-order valence-corrected chi connectivity index (χ0v) is 48.0. The van der Waals surface area contributed by atoms with Crippen LogP contribution in [-0.2, 0) is 12.5 Å². The van der Waals surface area contributed by atoms with E-state index in [-0.39, 0.29) is 0 Å². The van der Waals surface area contributed by atoms with Crippen LogP contribution in [0, 0.1) is 0 Å². The summed E-state index contributed by atoms with van der Waals surface area (Å²) in [6.45, 7) is 0. The van der Waals surface area contributed by atoms with E-state index in [1.165, 1.54) is 0 Å². The number of hydrogen-bond acceptors (Lipinski definition) is 9. The van der Waals surface area contributed by atoms with Crippen molar-refractivity contribution in [2.45, 2.75) is 29.4 Å². The Hall–Kier alpha value is -9.78. The lowest BCUT2D eigenvalue weighted by Crippen LogP contribution is -2.11. The summed E-state index contributed by atoms with van der Waals surface area (Å²) in [5.41, 5.74) is 0. The summed E-state index contributed by atoms with van der Waals surface area (Å²) >= 11 is 0. The summed E-state index contributed by atoms with van der Waals surface area (Å²) in [7, 11) is -12.9. The first kappa shape index (κ1) is 55.7. The maximum atomic E-state index is 19.4. The largest absolute Gasteiger partial charge is 0.534 e. The summed E-state index contributed by atoms with van der Waals surface area (Å²) in [5.74, 6) is 6.73. The summed E-state index contributed by atoms with van der Waals surface area (Å²) in [4.78, 5) is 2.81. The first-order chi connectivity index (χ1) is 41.7. The molecule has 0 saturated heterocycles. The molecule has 12 aromatic rings. The predicted octanol–water partition coefficient (Wildman–Crippen LogP) is 22.6. The molecule has 0 aliphatic heterocycles. The molecular weight excluding hydrogens is 1120 g/mol. The van der Waals surface area contributed by atoms with Gasteiger partial charge in [0.15, 0.2) is 0 Å². The highest BCUT2D eigenvalue weighted by Crippen LogP contribution is 2.84. The van der Waals surface area contributed by atoms with Crippen molar-refractivity contribution in [1.82, 2.24) is 0 Å². The standard InChI is InChI=1S/C72H54FO9PS2/c73-83(74,81-84(67-43-31-61(32-44-67)75-55-19-7-1-8-20-55,68-45-33-62(34-46-68)76-56-21-9-2-10-22-56)69-47-35-63(36-48-69)77-57-23-11-3-12-24-57)82-85(70-49-37-64(38-50-70)78-58-25-13-4-14-26-58,71-51-39-65(40-52-71)79-59-27-15-5-16-28-59)72-53-41-66(42-54-72)80-60-29-17-6-18-30-60/h1-54H. The van der Waals surface area contributed by atoms with Crippen molar-refractivity contribution in [1.29, 1.82) is 0 Å². The van der Waals surface area contributed by atoms with Crippen LogP contribution in [0.25, 0.3) is 0 Å². The fourth-order valence-corrected chi connectivity index (χ4v) is 18.6. The third kappa shape index (κ3) is 13.4. The van der Waals surface area contributed by atoms with E-state index in [9.17, 15) is 0 Å². The van der Waals surface area contributed by atoms with Gasteiger partial charge >= 0.3 is 7.91 Å². The average molecular weight is 1180 g/mol. The quantitative estimate of drug-likeness (QED) is 0.0615. The zero-order chi connectivity index (χ0) is 57.7. The second kappa shape index (κ2) is 25.8. The highest BCUT2D eigenvalue weighted by molar-refractivity contribution is 8.33. The summed E-state index contributed by atoms with van der Waals surface area (Å²) in [6.07, 6.45) is 0. The molecule has 0 saturated carbocycles. The van der Waals surface area contributed by atoms with Gasteiger partial charge in [-0.05, 0) is 239 Å². The third-order valence-electron chi connectivity index (χ3n) is 13.2. The third-order valence-corrected chi connectivity index (χ3v) is 22.0. The molecule has 13 heteroatoms. The molecule has 0 N–H and O–H groups in total. The SMILES string of the molecule is O=P(F)(OS(c1ccc(Oc2ccccc2)cc1)(c1ccc(Oc2ccccc2)cc1)c1ccc(Oc2ccccc2)cc1)OS(c1ccc(Oc2ccccc2)cc1)(c1ccc(Oc2ccccc2)cc1)c1ccc(Oc2ccccc2)cc1. The number of hydrogen-bond donors (Lipinski definition) is 0. The molecule has 0 atom stereocenters. The molecule has 420 valence electrons. The van der Waals surface area contributed by atoms with Crippen LogP contribution in [0.2, 0.25) is 0 Å². The lowest BCUT2D eigenvalue weighted by atomic mass is 10.3. The second-order valence-corrected chi connectivity index (χ2v) is 26.1. The lowest BCUT2D eigenvalue weighted by Gasteiger charge is -2.44. The summed E-state index contributed by atoms with van der Waals surface area (Å²) in [5, 5.41) is 0. The summed E-state index contributed by atoms with van der Waals surface area (Å²) in [6, 6.07) is 99.4. The van der Waals surface area contributed by atoms with Crippen LogP contribution in [0.15, 0.2) is 357 Å². The molecule has 0 radical (unpaired) electrons. The van der Waals surface area contributed by atoms with Crippen molar-refractivity contribution in [2.75, 3.05) is 0 Å². The van der Waals surface area contributed by atoms with E-state index in [0.29, 0.717) is 98.4 Å².